The van der Waals surface area contributed by atoms with E-state index >= 15 is 0 Å². The Hall–Kier alpha value is -3.48. The van der Waals surface area contributed by atoms with Gasteiger partial charge in [0.15, 0.2) is 0 Å². The maximum Gasteiger partial charge on any atom is 0.335 e. The maximum atomic E-state index is 13.5. The fraction of sp³-hybridized carbons (Fsp3) is 0.233. The first-order chi connectivity index (χ1) is 17.4. The minimum atomic E-state index is -3.76. The Balaban J connectivity index is 1.41. The van der Waals surface area contributed by atoms with Crippen LogP contribution < -0.4 is 0 Å². The molecule has 2 atom stereocenters. The smallest absolute Gasteiger partial charge is 0.335 e. The third kappa shape index (κ3) is 5.06. The first-order valence-corrected chi connectivity index (χ1v) is 13.6. The van der Waals surface area contributed by atoms with Crippen LogP contribution in [-0.4, -0.2) is 31.8 Å². The molecule has 0 bridgehead atoms. The van der Waals surface area contributed by atoms with Crippen molar-refractivity contribution in [2.75, 3.05) is 13.1 Å². The van der Waals surface area contributed by atoms with Crippen molar-refractivity contribution in [2.24, 2.45) is 11.8 Å². The van der Waals surface area contributed by atoms with Crippen molar-refractivity contribution < 1.29 is 17.9 Å². The van der Waals surface area contributed by atoms with Gasteiger partial charge in [0.1, 0.15) is 6.61 Å². The van der Waals surface area contributed by atoms with E-state index in [1.165, 1.54) is 4.31 Å². The van der Waals surface area contributed by atoms with Crippen LogP contribution in [-0.2, 0) is 26.2 Å². The van der Waals surface area contributed by atoms with Crippen molar-refractivity contribution in [2.45, 2.75) is 24.8 Å². The maximum absolute atomic E-state index is 13.5. The Kier molecular flexibility index (Phi) is 6.90. The molecule has 0 saturated heterocycles. The fourth-order valence-electron chi connectivity index (χ4n) is 4.85. The number of aryl methyl sites for hydroxylation is 1. The van der Waals surface area contributed by atoms with Gasteiger partial charge in [0.25, 0.3) is 0 Å². The predicted octanol–water partition coefficient (Wildman–Crippen LogP) is 5.39. The van der Waals surface area contributed by atoms with Gasteiger partial charge in [-0.05, 0) is 42.5 Å². The van der Waals surface area contributed by atoms with Crippen LogP contribution in [0.2, 0.25) is 0 Å². The van der Waals surface area contributed by atoms with Crippen molar-refractivity contribution in [1.82, 2.24) is 4.31 Å². The number of benzene rings is 3. The molecule has 0 aromatic heterocycles. The molecular formula is C30H29NO4S. The van der Waals surface area contributed by atoms with Crippen molar-refractivity contribution >= 4 is 22.1 Å². The summed E-state index contributed by atoms with van der Waals surface area (Å²) >= 11 is 0. The van der Waals surface area contributed by atoms with Crippen molar-refractivity contribution in [3.05, 3.63) is 119 Å². The highest BCUT2D eigenvalue weighted by molar-refractivity contribution is 7.89. The Labute approximate surface area is 212 Å². The van der Waals surface area contributed by atoms with Crippen molar-refractivity contribution in [3.8, 4) is 0 Å². The first kappa shape index (κ1) is 24.2. The Bertz CT molecular complexity index is 1390. The molecule has 6 heteroatoms. The second-order valence-corrected chi connectivity index (χ2v) is 11.4. The predicted molar refractivity (Wildman–Crippen MR) is 140 cm³/mol. The van der Waals surface area contributed by atoms with Gasteiger partial charge in [-0.25, -0.2) is 13.2 Å². The molecule has 5 rings (SSSR count). The summed E-state index contributed by atoms with van der Waals surface area (Å²) in [6, 6.07) is 26.4. The van der Waals surface area contributed by atoms with Crippen LogP contribution in [0, 0.1) is 18.8 Å². The summed E-state index contributed by atoms with van der Waals surface area (Å²) in [6.45, 7) is 2.46. The van der Waals surface area contributed by atoms with Crippen LogP contribution in [0.3, 0.4) is 0 Å². The second kappa shape index (κ2) is 10.2. The number of carbonyl (C=O) groups is 1. The minimum absolute atomic E-state index is 0.0325. The molecule has 0 radical (unpaired) electrons. The van der Waals surface area contributed by atoms with Gasteiger partial charge in [-0.15, -0.1) is 0 Å². The lowest BCUT2D eigenvalue weighted by molar-refractivity contribution is -0.140. The van der Waals surface area contributed by atoms with E-state index in [9.17, 15) is 13.2 Å². The quantitative estimate of drug-likeness (QED) is 0.409. The number of sulfonamides is 1. The third-order valence-electron chi connectivity index (χ3n) is 7.00. The van der Waals surface area contributed by atoms with E-state index in [-0.39, 0.29) is 29.9 Å². The molecule has 0 unspecified atom stereocenters. The van der Waals surface area contributed by atoms with E-state index in [0.717, 1.165) is 28.7 Å². The Morgan fingerprint density at radius 1 is 0.972 bits per heavy atom. The molecule has 5 nitrogen and oxygen atoms in total. The van der Waals surface area contributed by atoms with Gasteiger partial charge in [0.05, 0.1) is 10.5 Å². The number of hydrogen-bond donors (Lipinski definition) is 0. The molecule has 1 aliphatic heterocycles. The molecule has 1 fully saturated rings. The SMILES string of the molecule is Cc1ccc(S(=O)(=O)N2CC(C(=O)OCc3ccccc3)=C3C[C@@H](/C=C/c4ccccc4)[C@@H]3C2)cc1. The average molecular weight is 500 g/mol. The van der Waals surface area contributed by atoms with Gasteiger partial charge >= 0.3 is 5.97 Å². The molecular weight excluding hydrogens is 470 g/mol. The van der Waals surface area contributed by atoms with Crippen molar-refractivity contribution in [1.29, 1.82) is 0 Å². The number of rotatable bonds is 7. The topological polar surface area (TPSA) is 63.7 Å². The molecule has 0 N–H and O–H groups in total. The van der Waals surface area contributed by atoms with Gasteiger partial charge in [-0.2, -0.15) is 4.31 Å². The zero-order valence-electron chi connectivity index (χ0n) is 20.2. The highest BCUT2D eigenvalue weighted by Crippen LogP contribution is 2.47. The number of allylic oxidation sites excluding steroid dienone is 1. The zero-order chi connectivity index (χ0) is 25.1. The summed E-state index contributed by atoms with van der Waals surface area (Å²) in [7, 11) is -3.76. The van der Waals surface area contributed by atoms with Crippen LogP contribution >= 0.6 is 0 Å². The van der Waals surface area contributed by atoms with Gasteiger partial charge < -0.3 is 4.74 Å². The standard InChI is InChI=1S/C30H29NO4S/c1-22-12-16-26(17-13-22)36(33,34)31-19-28-25(15-14-23-8-4-2-5-9-23)18-27(28)29(20-31)30(32)35-21-24-10-6-3-7-11-24/h2-17,25,28H,18-21H2,1H3/b15-14+/t25-,28+/m1/s1. The van der Waals surface area contributed by atoms with Crippen molar-refractivity contribution in [3.63, 3.8) is 0 Å². The largest absolute Gasteiger partial charge is 0.457 e. The Morgan fingerprint density at radius 3 is 2.33 bits per heavy atom. The second-order valence-electron chi connectivity index (χ2n) is 9.42. The minimum Gasteiger partial charge on any atom is -0.457 e. The van der Waals surface area contributed by atoms with Crippen LogP contribution in [0.5, 0.6) is 0 Å². The molecule has 3 aromatic carbocycles. The summed E-state index contributed by atoms with van der Waals surface area (Å²) in [4.78, 5) is 13.4. The lowest BCUT2D eigenvalue weighted by Crippen LogP contribution is -2.49. The highest BCUT2D eigenvalue weighted by Gasteiger charge is 2.45. The fourth-order valence-corrected chi connectivity index (χ4v) is 6.28. The average Bonchev–Trinajstić information content (AvgIpc) is 2.89. The molecule has 1 heterocycles. The van der Waals surface area contributed by atoms with Crippen LogP contribution in [0.4, 0.5) is 0 Å². The summed E-state index contributed by atoms with van der Waals surface area (Å²) in [5.74, 6) is -0.320. The van der Waals surface area contributed by atoms with E-state index in [2.05, 4.69) is 12.2 Å². The van der Waals surface area contributed by atoms with E-state index in [4.69, 9.17) is 4.74 Å². The third-order valence-corrected chi connectivity index (χ3v) is 8.82. The summed E-state index contributed by atoms with van der Waals surface area (Å²) in [5, 5.41) is 0. The summed E-state index contributed by atoms with van der Waals surface area (Å²) in [5.41, 5.74) is 4.47. The van der Waals surface area contributed by atoms with Gasteiger partial charge in [0, 0.05) is 19.0 Å². The molecule has 0 amide bonds. The van der Waals surface area contributed by atoms with Crippen LogP contribution in [0.1, 0.15) is 23.1 Å². The molecule has 3 aromatic rings. The number of nitrogens with zero attached hydrogens (tertiary/aromatic N) is 1. The highest BCUT2D eigenvalue weighted by atomic mass is 32.2. The zero-order valence-corrected chi connectivity index (χ0v) is 21.0. The molecule has 2 aliphatic rings. The Morgan fingerprint density at radius 2 is 1.64 bits per heavy atom. The molecule has 0 spiro atoms. The van der Waals surface area contributed by atoms with E-state index in [0.29, 0.717) is 12.1 Å². The number of esters is 1. The van der Waals surface area contributed by atoms with Crippen LogP contribution in [0.25, 0.3) is 6.08 Å². The normalized spacial score (nSPS) is 20.1. The number of carbonyl (C=O) groups excluding carboxylic acids is 1. The van der Waals surface area contributed by atoms with Gasteiger partial charge in [-0.3, -0.25) is 0 Å². The van der Waals surface area contributed by atoms with E-state index in [1.807, 2.05) is 67.6 Å². The lowest BCUT2D eigenvalue weighted by atomic mass is 9.65. The monoisotopic (exact) mass is 499 g/mol. The number of ether oxygens (including phenoxy) is 1. The molecule has 184 valence electrons. The number of hydrogen-bond acceptors (Lipinski definition) is 4. The van der Waals surface area contributed by atoms with E-state index in [1.54, 1.807) is 24.3 Å². The summed E-state index contributed by atoms with van der Waals surface area (Å²) < 4.78 is 34.2. The molecule has 36 heavy (non-hydrogen) atoms. The van der Waals surface area contributed by atoms with Crippen LogP contribution in [0.15, 0.2) is 107 Å². The molecule has 1 saturated carbocycles. The lowest BCUT2D eigenvalue weighted by Gasteiger charge is -2.46. The van der Waals surface area contributed by atoms with E-state index < -0.39 is 16.0 Å². The van der Waals surface area contributed by atoms with Gasteiger partial charge in [-0.1, -0.05) is 96.1 Å². The van der Waals surface area contributed by atoms with Gasteiger partial charge in [0.2, 0.25) is 10.0 Å². The summed E-state index contributed by atoms with van der Waals surface area (Å²) in [6.07, 6.45) is 4.95. The molecule has 1 aliphatic carbocycles. The number of fused-ring (bicyclic) bond motifs is 1. The first-order valence-electron chi connectivity index (χ1n) is 12.1.